The minimum Gasteiger partial charge on any atom is -0.481 e. The number of carbonyl (C=O) groups is 3. The van der Waals surface area contributed by atoms with Crippen LogP contribution in [0.4, 0.5) is 0 Å². The van der Waals surface area contributed by atoms with Gasteiger partial charge in [-0.3, -0.25) is 14.4 Å². The summed E-state index contributed by atoms with van der Waals surface area (Å²) >= 11 is 3.07. The van der Waals surface area contributed by atoms with E-state index in [4.69, 9.17) is 9.63 Å². The Labute approximate surface area is 129 Å². The van der Waals surface area contributed by atoms with Crippen molar-refractivity contribution in [3.8, 4) is 0 Å². The number of hydrogen-bond acceptors (Lipinski definition) is 5. The fourth-order valence-corrected chi connectivity index (χ4v) is 1.73. The van der Waals surface area contributed by atoms with Crippen molar-refractivity contribution in [3.63, 3.8) is 0 Å². The Kier molecular flexibility index (Phi) is 7.44. The van der Waals surface area contributed by atoms with Crippen LogP contribution in [0.15, 0.2) is 15.2 Å². The normalized spacial score (nSPS) is 10.1. The lowest BCUT2D eigenvalue weighted by molar-refractivity contribution is -0.137. The molecule has 8 nitrogen and oxygen atoms in total. The SMILES string of the molecule is O=C(O)CCCNC(=O)CCCNC(=O)c1cc(Br)no1. The van der Waals surface area contributed by atoms with Gasteiger partial charge in [0.15, 0.2) is 0 Å². The minimum absolute atomic E-state index is 0.0308. The second-order valence-electron chi connectivity index (χ2n) is 4.22. The number of carboxylic acids is 1. The van der Waals surface area contributed by atoms with Gasteiger partial charge < -0.3 is 20.3 Å². The van der Waals surface area contributed by atoms with Crippen LogP contribution in [0.1, 0.15) is 36.2 Å². The molecule has 0 aliphatic heterocycles. The highest BCUT2D eigenvalue weighted by Crippen LogP contribution is 2.09. The maximum absolute atomic E-state index is 11.6. The van der Waals surface area contributed by atoms with Crippen molar-refractivity contribution in [2.45, 2.75) is 25.7 Å². The predicted molar refractivity (Wildman–Crippen MR) is 75.6 cm³/mol. The molecule has 2 amide bonds. The summed E-state index contributed by atoms with van der Waals surface area (Å²) in [5.74, 6) is -1.35. The Morgan fingerprint density at radius 1 is 1.19 bits per heavy atom. The van der Waals surface area contributed by atoms with E-state index >= 15 is 0 Å². The summed E-state index contributed by atoms with van der Waals surface area (Å²) in [6.07, 6.45) is 1.17. The van der Waals surface area contributed by atoms with Crippen molar-refractivity contribution >= 4 is 33.7 Å². The first-order valence-corrected chi connectivity index (χ1v) is 7.17. The smallest absolute Gasteiger partial charge is 0.303 e. The topological polar surface area (TPSA) is 122 Å². The molecule has 0 saturated heterocycles. The first-order valence-electron chi connectivity index (χ1n) is 6.38. The summed E-state index contributed by atoms with van der Waals surface area (Å²) < 4.78 is 5.19. The molecule has 0 unspecified atom stereocenters. The second-order valence-corrected chi connectivity index (χ2v) is 5.03. The zero-order chi connectivity index (χ0) is 15.7. The van der Waals surface area contributed by atoms with Crippen LogP contribution < -0.4 is 10.6 Å². The van der Waals surface area contributed by atoms with E-state index in [2.05, 4.69) is 31.7 Å². The molecule has 0 aliphatic rings. The molecule has 21 heavy (non-hydrogen) atoms. The summed E-state index contributed by atoms with van der Waals surface area (Å²) in [4.78, 5) is 33.2. The number of nitrogens with zero attached hydrogens (tertiary/aromatic N) is 1. The van der Waals surface area contributed by atoms with Crippen molar-refractivity contribution in [1.29, 1.82) is 0 Å². The van der Waals surface area contributed by atoms with Crippen LogP contribution >= 0.6 is 15.9 Å². The minimum atomic E-state index is -0.883. The van der Waals surface area contributed by atoms with Crippen molar-refractivity contribution in [3.05, 3.63) is 16.4 Å². The summed E-state index contributed by atoms with van der Waals surface area (Å²) in [5.41, 5.74) is 0. The number of amides is 2. The van der Waals surface area contributed by atoms with E-state index in [9.17, 15) is 14.4 Å². The number of hydrogen-bond donors (Lipinski definition) is 3. The van der Waals surface area contributed by atoms with Gasteiger partial charge in [0.2, 0.25) is 11.7 Å². The lowest BCUT2D eigenvalue weighted by Crippen LogP contribution is -2.28. The lowest BCUT2D eigenvalue weighted by atomic mass is 10.2. The predicted octanol–water partition coefficient (Wildman–Crippen LogP) is 0.928. The van der Waals surface area contributed by atoms with Crippen LogP contribution in [0, 0.1) is 0 Å². The van der Waals surface area contributed by atoms with Crippen molar-refractivity contribution in [1.82, 2.24) is 15.8 Å². The van der Waals surface area contributed by atoms with Crippen LogP contribution in [0.3, 0.4) is 0 Å². The van der Waals surface area contributed by atoms with Gasteiger partial charge in [-0.15, -0.1) is 0 Å². The third-order valence-corrected chi connectivity index (χ3v) is 2.83. The highest BCUT2D eigenvalue weighted by atomic mass is 79.9. The second kappa shape index (κ2) is 9.11. The summed E-state index contributed by atoms with van der Waals surface area (Å²) in [6.45, 7) is 0.670. The largest absolute Gasteiger partial charge is 0.481 e. The molecule has 0 aromatic carbocycles. The molecule has 0 bridgehead atoms. The van der Waals surface area contributed by atoms with Crippen LogP contribution in [-0.2, 0) is 9.59 Å². The highest BCUT2D eigenvalue weighted by molar-refractivity contribution is 9.10. The van der Waals surface area contributed by atoms with E-state index in [0.717, 1.165) is 0 Å². The Hall–Kier alpha value is -1.90. The Morgan fingerprint density at radius 3 is 2.48 bits per heavy atom. The molecule has 3 N–H and O–H groups in total. The maximum atomic E-state index is 11.6. The highest BCUT2D eigenvalue weighted by Gasteiger charge is 2.11. The van der Waals surface area contributed by atoms with Crippen molar-refractivity contribution < 1.29 is 24.0 Å². The summed E-state index contributed by atoms with van der Waals surface area (Å²) in [5, 5.41) is 17.2. The Balaban J connectivity index is 2.06. The number of rotatable bonds is 9. The number of aliphatic carboxylic acids is 1. The fourth-order valence-electron chi connectivity index (χ4n) is 1.45. The zero-order valence-corrected chi connectivity index (χ0v) is 12.8. The zero-order valence-electron chi connectivity index (χ0n) is 11.2. The number of carbonyl (C=O) groups excluding carboxylic acids is 2. The van der Waals surface area contributed by atoms with Gasteiger partial charge in [-0.25, -0.2) is 0 Å². The molecule has 1 aromatic heterocycles. The van der Waals surface area contributed by atoms with Crippen LogP contribution in [0.5, 0.6) is 0 Å². The molecule has 0 atom stereocenters. The fraction of sp³-hybridized carbons (Fsp3) is 0.500. The number of halogens is 1. The Bertz CT molecular complexity index is 503. The van der Waals surface area contributed by atoms with E-state index in [1.807, 2.05) is 0 Å². The first kappa shape index (κ1) is 17.2. The standard InChI is InChI=1S/C12H16BrN3O5/c13-9-7-8(21-16-9)12(20)15-6-1-3-10(17)14-5-2-4-11(18)19/h7H,1-6H2,(H,14,17)(H,15,20)(H,18,19). The molecule has 0 spiro atoms. The van der Waals surface area contributed by atoms with Gasteiger partial charge >= 0.3 is 5.97 Å². The molecule has 116 valence electrons. The third-order valence-electron chi connectivity index (χ3n) is 2.46. The van der Waals surface area contributed by atoms with Gasteiger partial charge in [0.25, 0.3) is 5.91 Å². The van der Waals surface area contributed by atoms with Gasteiger partial charge in [-0.1, -0.05) is 5.16 Å². The molecule has 1 heterocycles. The molecule has 0 radical (unpaired) electrons. The van der Waals surface area contributed by atoms with E-state index in [1.54, 1.807) is 0 Å². The number of nitrogens with one attached hydrogen (secondary N) is 2. The average Bonchev–Trinajstić information content (AvgIpc) is 2.86. The quantitative estimate of drug-likeness (QED) is 0.562. The molecular weight excluding hydrogens is 346 g/mol. The van der Waals surface area contributed by atoms with Crippen LogP contribution in [0.2, 0.25) is 0 Å². The molecule has 0 fully saturated rings. The van der Waals surface area contributed by atoms with Gasteiger partial charge in [0.05, 0.1) is 0 Å². The number of aromatic nitrogens is 1. The lowest BCUT2D eigenvalue weighted by Gasteiger charge is -2.05. The Morgan fingerprint density at radius 2 is 1.86 bits per heavy atom. The van der Waals surface area contributed by atoms with Crippen molar-refractivity contribution in [2.75, 3.05) is 13.1 Å². The van der Waals surface area contributed by atoms with Gasteiger partial charge in [-0.05, 0) is 28.8 Å². The van der Waals surface area contributed by atoms with E-state index in [1.165, 1.54) is 6.07 Å². The van der Waals surface area contributed by atoms with Gasteiger partial charge in [0, 0.05) is 32.0 Å². The van der Waals surface area contributed by atoms with Crippen LogP contribution in [0.25, 0.3) is 0 Å². The third kappa shape index (κ3) is 7.45. The van der Waals surface area contributed by atoms with E-state index < -0.39 is 11.9 Å². The summed E-state index contributed by atoms with van der Waals surface area (Å²) in [7, 11) is 0. The summed E-state index contributed by atoms with van der Waals surface area (Å²) in [6, 6.07) is 1.45. The molecule has 0 aliphatic carbocycles. The average molecular weight is 362 g/mol. The van der Waals surface area contributed by atoms with Crippen molar-refractivity contribution in [2.24, 2.45) is 0 Å². The maximum Gasteiger partial charge on any atom is 0.303 e. The molecule has 1 rings (SSSR count). The van der Waals surface area contributed by atoms with Crippen LogP contribution in [-0.4, -0.2) is 41.1 Å². The molecular formula is C12H16BrN3O5. The van der Waals surface area contributed by atoms with E-state index in [0.29, 0.717) is 30.5 Å². The molecule has 1 aromatic rings. The van der Waals surface area contributed by atoms with Gasteiger partial charge in [-0.2, -0.15) is 0 Å². The number of carboxylic acid groups (broad SMARTS) is 1. The van der Waals surface area contributed by atoms with Gasteiger partial charge in [0.1, 0.15) is 4.60 Å². The monoisotopic (exact) mass is 361 g/mol. The molecule has 9 heteroatoms. The van der Waals surface area contributed by atoms with E-state index in [-0.39, 0.29) is 24.5 Å². The molecule has 0 saturated carbocycles. The first-order chi connectivity index (χ1) is 9.99.